The molecule has 3 aromatic carbocycles. The number of fused-ring (bicyclic) bond motifs is 8. The second kappa shape index (κ2) is 51.0. The molecule has 16 amide bonds. The number of cyclic esters (lactones) is 1. The number of aromatic nitrogens is 2. The van der Waals surface area contributed by atoms with Gasteiger partial charge in [-0.1, -0.05) is 58.0 Å². The predicted octanol–water partition coefficient (Wildman–Crippen LogP) is -5.65. The maximum Gasteiger partial charge on any atom is 0.329 e. The maximum absolute atomic E-state index is 15.8. The molecule has 1 aromatic heterocycles. The van der Waals surface area contributed by atoms with Gasteiger partial charge in [-0.25, -0.2) is 9.78 Å². The van der Waals surface area contributed by atoms with Crippen LogP contribution in [-0.2, 0) is 106 Å². The van der Waals surface area contributed by atoms with Gasteiger partial charge >= 0.3 is 5.97 Å². The number of aromatic hydroxyl groups is 3. The lowest BCUT2D eigenvalue weighted by molar-refractivity contribution is -0.162. The number of amides is 16. The van der Waals surface area contributed by atoms with E-state index < -0.39 is 252 Å². The van der Waals surface area contributed by atoms with E-state index in [9.17, 15) is 44.1 Å². The summed E-state index contributed by atoms with van der Waals surface area (Å²) < 4.78 is 5.80. The number of phenolic OH excluding ortho intramolecular Hbond substituents is 3. The Bertz CT molecular complexity index is 4890. The number of nitrogens with two attached hydrogens (primary N) is 5. The van der Waals surface area contributed by atoms with Gasteiger partial charge < -0.3 is 143 Å². The van der Waals surface area contributed by atoms with Crippen molar-refractivity contribution in [3.05, 3.63) is 108 Å². The number of ether oxygens (including phenoxy) is 1. The summed E-state index contributed by atoms with van der Waals surface area (Å²) in [5, 5.41) is 83.7. The minimum absolute atomic E-state index is 0.00337. The Morgan fingerprint density at radius 1 is 0.467 bits per heavy atom. The van der Waals surface area contributed by atoms with Gasteiger partial charge in [0.05, 0.1) is 12.0 Å². The summed E-state index contributed by atoms with van der Waals surface area (Å²) in [5.41, 5.74) is 30.1. The summed E-state index contributed by atoms with van der Waals surface area (Å²) in [6.45, 7) is 3.65. The number of hydrogen-bond acceptors (Lipinski definition) is 28. The molecule has 17 atom stereocenters. The number of carbonyl (C=O) groups is 17. The van der Waals surface area contributed by atoms with Crippen molar-refractivity contribution in [2.24, 2.45) is 28.7 Å². The molecular formula is C86H122N26O21S2. The molecule has 5 fully saturated rings. The lowest BCUT2D eigenvalue weighted by Gasteiger charge is -2.34. The number of H-pyrrole nitrogens is 1. The van der Waals surface area contributed by atoms with Crippen LogP contribution in [0.4, 0.5) is 0 Å². The molecule has 4 aromatic rings. The van der Waals surface area contributed by atoms with Crippen molar-refractivity contribution in [2.45, 2.75) is 239 Å². The Balaban J connectivity index is 1.19. The van der Waals surface area contributed by atoms with Crippen molar-refractivity contribution in [3.8, 4) is 17.2 Å². The molecule has 5 aliphatic heterocycles. The van der Waals surface area contributed by atoms with Gasteiger partial charge in [0, 0.05) is 82.2 Å². The predicted molar refractivity (Wildman–Crippen MR) is 490 cm³/mol. The van der Waals surface area contributed by atoms with Crippen LogP contribution in [0.1, 0.15) is 146 Å². The number of carbonyl (C=O) groups excluding carboxylic acids is 17. The van der Waals surface area contributed by atoms with E-state index in [1.54, 1.807) is 0 Å². The topological polar surface area (TPSA) is 745 Å². The molecule has 49 heteroatoms. The number of primary amides is 1. The molecule has 0 radical (unpaired) electrons. The fourth-order valence-electron chi connectivity index (χ4n) is 16.0. The zero-order valence-electron chi connectivity index (χ0n) is 75.0. The molecule has 135 heavy (non-hydrogen) atoms. The number of nitrogens with one attached hydrogen (secondary N) is 17. The molecule has 6 heterocycles. The van der Waals surface area contributed by atoms with Crippen molar-refractivity contribution in [1.29, 1.82) is 10.8 Å². The first-order valence-electron chi connectivity index (χ1n) is 44.6. The number of esters is 1. The molecule has 5 aliphatic rings. The number of imidazole rings is 1. The molecule has 9 rings (SSSR count). The third-order valence-corrected chi connectivity index (χ3v) is 25.7. The third kappa shape index (κ3) is 31.3. The van der Waals surface area contributed by atoms with E-state index in [1.165, 1.54) is 116 Å². The highest BCUT2D eigenvalue weighted by atomic mass is 33.1. The van der Waals surface area contributed by atoms with Crippen LogP contribution in [0.15, 0.2) is 85.3 Å². The Kier molecular flexibility index (Phi) is 39.7. The van der Waals surface area contributed by atoms with Gasteiger partial charge in [-0.3, -0.25) is 87.5 Å². The van der Waals surface area contributed by atoms with Crippen molar-refractivity contribution in [2.75, 3.05) is 50.8 Å². The Labute approximate surface area is 785 Å². The lowest BCUT2D eigenvalue weighted by atomic mass is 10.0. The van der Waals surface area contributed by atoms with Crippen molar-refractivity contribution in [3.63, 3.8) is 0 Å². The summed E-state index contributed by atoms with van der Waals surface area (Å²) in [5.74, 6) is -20.1. The molecule has 47 nitrogen and oxygen atoms in total. The van der Waals surface area contributed by atoms with Gasteiger partial charge in [0.2, 0.25) is 88.6 Å². The number of guanidine groups is 2. The number of unbranched alkanes of at least 4 members (excludes halogenated alkanes) is 1. The minimum atomic E-state index is -1.92. The van der Waals surface area contributed by atoms with E-state index in [4.69, 9.17) is 44.2 Å². The van der Waals surface area contributed by atoms with E-state index >= 15 is 52.7 Å². The normalized spacial score (nSPS) is 26.3. The number of nitrogens with zero attached hydrogens (tertiary/aromatic N) is 4. The zero-order chi connectivity index (χ0) is 98.3. The first-order chi connectivity index (χ1) is 64.4. The largest absolute Gasteiger partial charge is 0.508 e. The van der Waals surface area contributed by atoms with E-state index in [1.807, 2.05) is 0 Å². The van der Waals surface area contributed by atoms with Gasteiger partial charge in [-0.2, -0.15) is 0 Å². The zero-order valence-corrected chi connectivity index (χ0v) is 76.6. The average Bonchev–Trinajstić information content (AvgIpc) is 1.68. The molecule has 2 bridgehead atoms. The molecule has 5 saturated heterocycles. The smallest absolute Gasteiger partial charge is 0.329 e. The molecule has 2 unspecified atom stereocenters. The molecular weight excluding hydrogens is 1800 g/mol. The van der Waals surface area contributed by atoms with Crippen molar-refractivity contribution < 1.29 is 102 Å². The van der Waals surface area contributed by atoms with E-state index in [2.05, 4.69) is 84.4 Å². The number of hydrogen-bond donors (Lipinski definition) is 25. The number of rotatable bonds is 23. The third-order valence-electron chi connectivity index (χ3n) is 23.3. The lowest BCUT2D eigenvalue weighted by Crippen LogP contribution is -2.62. The van der Waals surface area contributed by atoms with Crippen molar-refractivity contribution in [1.82, 2.24) is 99.1 Å². The first-order valence-corrected chi connectivity index (χ1v) is 47.1. The second-order valence-corrected chi connectivity index (χ2v) is 36.2. The van der Waals surface area contributed by atoms with Crippen LogP contribution in [0.5, 0.6) is 17.2 Å². The van der Waals surface area contributed by atoms with Crippen LogP contribution in [-0.4, -0.2) is 300 Å². The van der Waals surface area contributed by atoms with Crippen LogP contribution in [0.3, 0.4) is 0 Å². The summed E-state index contributed by atoms with van der Waals surface area (Å²) in [6, 6.07) is -9.64. The monoisotopic (exact) mass is 1920 g/mol. The summed E-state index contributed by atoms with van der Waals surface area (Å²) in [6.07, 6.45) is -1.01. The summed E-state index contributed by atoms with van der Waals surface area (Å²) in [4.78, 5) is 266. The highest BCUT2D eigenvalue weighted by Gasteiger charge is 2.47. The average molecular weight is 1920 g/mol. The van der Waals surface area contributed by atoms with Crippen LogP contribution in [0, 0.1) is 10.8 Å². The number of phenols is 3. The molecule has 0 spiro atoms. The quantitative estimate of drug-likeness (QED) is 0.0108. The van der Waals surface area contributed by atoms with E-state index in [0.29, 0.717) is 12.0 Å². The highest BCUT2D eigenvalue weighted by molar-refractivity contribution is 8.76. The Morgan fingerprint density at radius 2 is 0.874 bits per heavy atom. The van der Waals surface area contributed by atoms with Crippen molar-refractivity contribution >= 4 is 134 Å². The van der Waals surface area contributed by atoms with Crippen LogP contribution in [0.2, 0.25) is 0 Å². The first kappa shape index (κ1) is 105. The van der Waals surface area contributed by atoms with Crippen LogP contribution in [0.25, 0.3) is 0 Å². The highest BCUT2D eigenvalue weighted by Crippen LogP contribution is 2.30. The van der Waals surface area contributed by atoms with Gasteiger partial charge in [0.1, 0.15) is 102 Å². The van der Waals surface area contributed by atoms with Gasteiger partial charge in [-0.05, 0) is 170 Å². The Morgan fingerprint density at radius 3 is 1.36 bits per heavy atom. The van der Waals surface area contributed by atoms with E-state index in [0.717, 1.165) is 26.5 Å². The Hall–Kier alpha value is -13.6. The molecule has 30 N–H and O–H groups in total. The number of benzene rings is 3. The maximum atomic E-state index is 15.8. The van der Waals surface area contributed by atoms with Crippen LogP contribution < -0.4 is 103 Å². The summed E-state index contributed by atoms with van der Waals surface area (Å²) in [7, 11) is 1.47. The van der Waals surface area contributed by atoms with Gasteiger partial charge in [0.15, 0.2) is 24.1 Å². The van der Waals surface area contributed by atoms with Gasteiger partial charge in [0.25, 0.3) is 5.91 Å². The standard InChI is InChI=1S/C86H122N26O21S2/c1-44(88)67-79(127)100-53(12-6-32-95-85(90)91)70(118)103-58(38-48-19-25-51(114)26-20-48)73(121)107-62-42-135-134-41-61(75(123)102-56(13-7-33-96-86(92)93)84(132)133-46(3)81(129)110-34-8-15-64(110)78(126)108-67)106-69(117)45(2)98-80(128)68(60-40-94-43-97-60)109-74(122)59(39-49-21-27-52(115)28-22-49)105-77(125)63-14-9-35-111(63)83(131)65-16-10-36-112(65)82(130)55(11-4-5-31-87)101-71(119)54(29-30-66(89)116)99-72(120)57(104-76(62)124)37-47-17-23-50(113)24-18-47/h17-28,40,43-46,53-59,61-65,67-68,113-115H,4-16,29-39,41-42,87-88H2,1-3H3,(H2,89,116)(H,94,97)(H,98,128)(H,99,120)(H,100,127)(H,101,119)(H,102,123)(H,103,118)(H,104,124)(H,105,125)(H,106,117)(H,107,121)(H,108,126)(H,109,122)(H4,90,91,95)(H4,92,93,96)/t44?,45-,46-,53-,54-,55-,56-,57-,58-,59-,61-,62-,63-,64+,65+,67?,68-/m0/s1. The van der Waals surface area contributed by atoms with Crippen LogP contribution >= 0.6 is 21.6 Å². The molecule has 0 saturated carbocycles. The van der Waals surface area contributed by atoms with Gasteiger partial charge in [-0.15, -0.1) is 0 Å². The summed E-state index contributed by atoms with van der Waals surface area (Å²) >= 11 is 0. The minimum Gasteiger partial charge on any atom is -0.508 e. The SMILES string of the molecule is CC(N)C1NC(=O)[C@H]2CCCN2C(=O)[C@H](C)OC(=O)[C@H](CCCNC(=N)N)NC(=O)[C@@H]2CSSC[C@H](NC(=O)[C@H](Cc3ccc(O)cc3)NC(=O)[C@H](CCCNC(=N)N)NC1=O)C(=O)N[C@@H](Cc1ccc(O)cc1)C(=O)N[C@@H](CCC(N)=O)C(=O)N[C@@H](CCCCN)C(=O)N1CCC[C@@H]1C(=O)N1CCC[C@H]1C(=O)N[C@@H](Cc1ccc(O)cc1)C(=O)N[C@@H](c1c[nH]cn1)C(=O)N[C@@H](C)C(=O)N2. The fourth-order valence-corrected chi connectivity index (χ4v) is 18.3. The molecule has 0 aliphatic carbocycles. The molecule has 734 valence electrons. The fraction of sp³-hybridized carbons (Fsp3) is 0.535. The number of aromatic amines is 1. The van der Waals surface area contributed by atoms with E-state index in [-0.39, 0.29) is 157 Å². The second-order valence-electron chi connectivity index (χ2n) is 33.6.